The maximum absolute atomic E-state index is 11.4. The van der Waals surface area contributed by atoms with Gasteiger partial charge in [0.2, 0.25) is 5.91 Å². The van der Waals surface area contributed by atoms with Crippen molar-refractivity contribution >= 4 is 5.91 Å². The largest absolute Gasteiger partial charge is 0.354 e. The minimum Gasteiger partial charge on any atom is -0.354 e. The maximum atomic E-state index is 11.4. The molecule has 4 nitrogen and oxygen atoms in total. The van der Waals surface area contributed by atoms with Crippen molar-refractivity contribution in [3.05, 3.63) is 35.9 Å². The normalized spacial score (nSPS) is 10.6. The van der Waals surface area contributed by atoms with Crippen LogP contribution in [0.3, 0.4) is 0 Å². The third-order valence-electron chi connectivity index (χ3n) is 2.60. The van der Waals surface area contributed by atoms with Gasteiger partial charge in [0, 0.05) is 13.1 Å². The van der Waals surface area contributed by atoms with E-state index in [1.54, 1.807) is 0 Å². The van der Waals surface area contributed by atoms with E-state index < -0.39 is 0 Å². The average molecular weight is 249 g/mol. The predicted molar refractivity (Wildman–Crippen MR) is 74.6 cm³/mol. The Morgan fingerprint density at radius 3 is 2.56 bits per heavy atom. The summed E-state index contributed by atoms with van der Waals surface area (Å²) in [7, 11) is 3.98. The molecule has 0 radical (unpaired) electrons. The van der Waals surface area contributed by atoms with Crippen LogP contribution in [0.2, 0.25) is 0 Å². The Morgan fingerprint density at radius 2 is 1.89 bits per heavy atom. The molecule has 0 fully saturated rings. The van der Waals surface area contributed by atoms with Crippen LogP contribution in [-0.2, 0) is 11.2 Å². The van der Waals surface area contributed by atoms with Gasteiger partial charge in [0.05, 0.1) is 6.54 Å². The topological polar surface area (TPSA) is 44.4 Å². The van der Waals surface area contributed by atoms with Crippen molar-refractivity contribution in [2.75, 3.05) is 40.3 Å². The van der Waals surface area contributed by atoms with E-state index in [1.165, 1.54) is 5.56 Å². The molecular weight excluding hydrogens is 226 g/mol. The summed E-state index contributed by atoms with van der Waals surface area (Å²) in [6, 6.07) is 10.3. The molecule has 0 aliphatic carbocycles. The third-order valence-corrected chi connectivity index (χ3v) is 2.60. The first-order valence-electron chi connectivity index (χ1n) is 6.34. The van der Waals surface area contributed by atoms with Gasteiger partial charge in [-0.25, -0.2) is 0 Å². The van der Waals surface area contributed by atoms with Crippen LogP contribution in [0.4, 0.5) is 0 Å². The van der Waals surface area contributed by atoms with Gasteiger partial charge < -0.3 is 15.5 Å². The van der Waals surface area contributed by atoms with Crippen molar-refractivity contribution in [3.63, 3.8) is 0 Å². The number of carbonyl (C=O) groups is 1. The van der Waals surface area contributed by atoms with Crippen molar-refractivity contribution in [1.29, 1.82) is 0 Å². The number of nitrogens with zero attached hydrogens (tertiary/aromatic N) is 1. The summed E-state index contributed by atoms with van der Waals surface area (Å²) in [4.78, 5) is 13.5. The molecule has 1 rings (SSSR count). The van der Waals surface area contributed by atoms with Gasteiger partial charge in [0.25, 0.3) is 0 Å². The van der Waals surface area contributed by atoms with Gasteiger partial charge in [-0.3, -0.25) is 4.79 Å². The zero-order valence-corrected chi connectivity index (χ0v) is 11.3. The molecule has 0 bridgehead atoms. The minimum atomic E-state index is 0.0601. The highest BCUT2D eigenvalue weighted by Gasteiger charge is 1.99. The summed E-state index contributed by atoms with van der Waals surface area (Å²) in [6.07, 6.45) is 0.950. The number of amides is 1. The average Bonchev–Trinajstić information content (AvgIpc) is 2.35. The fourth-order valence-electron chi connectivity index (χ4n) is 1.56. The molecule has 0 saturated carbocycles. The van der Waals surface area contributed by atoms with E-state index >= 15 is 0 Å². The Hall–Kier alpha value is -1.39. The first-order valence-corrected chi connectivity index (χ1v) is 6.34. The SMILES string of the molecule is CN(C)CCNC(=O)CNCCc1ccccc1. The first kappa shape index (κ1) is 14.7. The quantitative estimate of drug-likeness (QED) is 0.659. The van der Waals surface area contributed by atoms with Gasteiger partial charge in [-0.15, -0.1) is 0 Å². The Labute approximate surface area is 109 Å². The zero-order valence-electron chi connectivity index (χ0n) is 11.3. The minimum absolute atomic E-state index is 0.0601. The molecule has 4 heteroatoms. The van der Waals surface area contributed by atoms with Gasteiger partial charge in [0.1, 0.15) is 0 Å². The van der Waals surface area contributed by atoms with Crippen LogP contribution >= 0.6 is 0 Å². The van der Waals surface area contributed by atoms with E-state index in [4.69, 9.17) is 0 Å². The number of rotatable bonds is 8. The van der Waals surface area contributed by atoms with E-state index in [2.05, 4.69) is 22.8 Å². The van der Waals surface area contributed by atoms with Crippen molar-refractivity contribution in [2.45, 2.75) is 6.42 Å². The smallest absolute Gasteiger partial charge is 0.234 e. The van der Waals surface area contributed by atoms with Crippen LogP contribution in [0, 0.1) is 0 Å². The number of hydrogen-bond acceptors (Lipinski definition) is 3. The van der Waals surface area contributed by atoms with Crippen LogP contribution in [-0.4, -0.2) is 51.1 Å². The number of hydrogen-bond donors (Lipinski definition) is 2. The van der Waals surface area contributed by atoms with Crippen molar-refractivity contribution in [2.24, 2.45) is 0 Å². The van der Waals surface area contributed by atoms with Crippen LogP contribution in [0.5, 0.6) is 0 Å². The van der Waals surface area contributed by atoms with Crippen LogP contribution in [0.25, 0.3) is 0 Å². The van der Waals surface area contributed by atoms with Gasteiger partial charge in [0.15, 0.2) is 0 Å². The zero-order chi connectivity index (χ0) is 13.2. The molecule has 0 aromatic heterocycles. The predicted octanol–water partition coefficient (Wildman–Crippen LogP) is 0.497. The molecule has 0 spiro atoms. The van der Waals surface area contributed by atoms with E-state index in [1.807, 2.05) is 37.2 Å². The lowest BCUT2D eigenvalue weighted by molar-refractivity contribution is -0.120. The molecule has 1 amide bonds. The Bertz CT molecular complexity index is 338. The second-order valence-corrected chi connectivity index (χ2v) is 4.57. The summed E-state index contributed by atoms with van der Waals surface area (Å²) in [5.41, 5.74) is 1.29. The molecule has 1 aromatic carbocycles. The van der Waals surface area contributed by atoms with Crippen molar-refractivity contribution in [3.8, 4) is 0 Å². The lowest BCUT2D eigenvalue weighted by atomic mass is 10.1. The van der Waals surface area contributed by atoms with Crippen molar-refractivity contribution in [1.82, 2.24) is 15.5 Å². The molecule has 18 heavy (non-hydrogen) atoms. The molecule has 0 aliphatic heterocycles. The summed E-state index contributed by atoms with van der Waals surface area (Å²) in [5, 5.41) is 6.02. The lowest BCUT2D eigenvalue weighted by Gasteiger charge is -2.10. The molecule has 1 aromatic rings. The molecule has 0 atom stereocenters. The monoisotopic (exact) mass is 249 g/mol. The highest BCUT2D eigenvalue weighted by molar-refractivity contribution is 5.77. The Balaban J connectivity index is 2.02. The number of carbonyl (C=O) groups excluding carboxylic acids is 1. The lowest BCUT2D eigenvalue weighted by Crippen LogP contribution is -2.37. The summed E-state index contributed by atoms with van der Waals surface area (Å²) in [5.74, 6) is 0.0601. The van der Waals surface area contributed by atoms with E-state index in [0.29, 0.717) is 13.1 Å². The maximum Gasteiger partial charge on any atom is 0.234 e. The third kappa shape index (κ3) is 7.04. The molecule has 2 N–H and O–H groups in total. The number of likely N-dealkylation sites (N-methyl/N-ethyl adjacent to an activating group) is 1. The summed E-state index contributed by atoms with van der Waals surface area (Å²) in [6.45, 7) is 2.79. The number of benzene rings is 1. The first-order chi connectivity index (χ1) is 8.68. The molecule has 0 heterocycles. The highest BCUT2D eigenvalue weighted by atomic mass is 16.1. The molecule has 0 saturated heterocycles. The molecule has 0 unspecified atom stereocenters. The summed E-state index contributed by atoms with van der Waals surface area (Å²) >= 11 is 0. The summed E-state index contributed by atoms with van der Waals surface area (Å²) < 4.78 is 0. The Morgan fingerprint density at radius 1 is 1.17 bits per heavy atom. The van der Waals surface area contributed by atoms with Gasteiger partial charge in [-0.2, -0.15) is 0 Å². The second kappa shape index (κ2) is 8.66. The molecule has 100 valence electrons. The molecule has 0 aliphatic rings. The van der Waals surface area contributed by atoms with Crippen LogP contribution in [0.1, 0.15) is 5.56 Å². The van der Waals surface area contributed by atoms with Gasteiger partial charge >= 0.3 is 0 Å². The molecular formula is C14H23N3O. The van der Waals surface area contributed by atoms with E-state index in [-0.39, 0.29) is 5.91 Å². The Kier molecular flexibility index (Phi) is 7.06. The van der Waals surface area contributed by atoms with E-state index in [9.17, 15) is 4.79 Å². The fraction of sp³-hybridized carbons (Fsp3) is 0.500. The van der Waals surface area contributed by atoms with Crippen LogP contribution in [0.15, 0.2) is 30.3 Å². The second-order valence-electron chi connectivity index (χ2n) is 4.57. The van der Waals surface area contributed by atoms with Crippen LogP contribution < -0.4 is 10.6 Å². The highest BCUT2D eigenvalue weighted by Crippen LogP contribution is 1.97. The number of nitrogens with one attached hydrogen (secondary N) is 2. The van der Waals surface area contributed by atoms with Crippen molar-refractivity contribution < 1.29 is 4.79 Å². The van der Waals surface area contributed by atoms with Gasteiger partial charge in [-0.05, 0) is 32.6 Å². The van der Waals surface area contributed by atoms with Gasteiger partial charge in [-0.1, -0.05) is 30.3 Å². The van der Waals surface area contributed by atoms with E-state index in [0.717, 1.165) is 19.5 Å². The standard InChI is InChI=1S/C14H23N3O/c1-17(2)11-10-16-14(18)12-15-9-8-13-6-4-3-5-7-13/h3-7,15H,8-12H2,1-2H3,(H,16,18). The fourth-order valence-corrected chi connectivity index (χ4v) is 1.56.